The summed E-state index contributed by atoms with van der Waals surface area (Å²) in [6.07, 6.45) is 14.0. The van der Waals surface area contributed by atoms with Gasteiger partial charge < -0.3 is 10.2 Å². The molecule has 0 bridgehead atoms. The van der Waals surface area contributed by atoms with E-state index in [4.69, 9.17) is 4.98 Å². The third kappa shape index (κ3) is 3.82. The van der Waals surface area contributed by atoms with Crippen molar-refractivity contribution in [2.24, 2.45) is 7.05 Å². The van der Waals surface area contributed by atoms with E-state index in [0.29, 0.717) is 6.04 Å². The average molecular weight is 379 g/mol. The molecule has 0 spiro atoms. The zero-order chi connectivity index (χ0) is 19.5. The monoisotopic (exact) mass is 379 g/mol. The van der Waals surface area contributed by atoms with Crippen molar-refractivity contribution in [3.05, 3.63) is 48.8 Å². The molecule has 4 heterocycles. The highest BCUT2D eigenvalue weighted by Gasteiger charge is 2.22. The van der Waals surface area contributed by atoms with Gasteiger partial charge in [0, 0.05) is 50.2 Å². The Balaban J connectivity index is 1.58. The van der Waals surface area contributed by atoms with Gasteiger partial charge in [0.15, 0.2) is 0 Å². The summed E-state index contributed by atoms with van der Waals surface area (Å²) in [5.41, 5.74) is 3.80. The Morgan fingerprint density at radius 2 is 2.21 bits per heavy atom. The van der Waals surface area contributed by atoms with E-state index in [0.717, 1.165) is 54.7 Å². The fourth-order valence-corrected chi connectivity index (χ4v) is 3.83. The lowest BCUT2D eigenvalue weighted by atomic mass is 10.0. The van der Waals surface area contributed by atoms with Gasteiger partial charge in [0.05, 0.1) is 35.5 Å². The van der Waals surface area contributed by atoms with Gasteiger partial charge in [-0.2, -0.15) is 10.2 Å². The van der Waals surface area contributed by atoms with Crippen LogP contribution < -0.4 is 5.32 Å². The van der Waals surface area contributed by atoms with Crippen molar-refractivity contribution in [3.63, 3.8) is 0 Å². The molecule has 4 rings (SSSR count). The van der Waals surface area contributed by atoms with Crippen LogP contribution >= 0.6 is 0 Å². The SMILES string of the molecule is CC(NC1CCCN(/C=C/C=O)C1)c1nc(-c2cnn(C)c2)cn2nccc12. The van der Waals surface area contributed by atoms with Crippen LogP contribution in [0.3, 0.4) is 0 Å². The van der Waals surface area contributed by atoms with Gasteiger partial charge in [-0.25, -0.2) is 9.50 Å². The molecule has 3 aromatic rings. The lowest BCUT2D eigenvalue weighted by Crippen LogP contribution is -2.44. The van der Waals surface area contributed by atoms with E-state index in [1.54, 1.807) is 17.0 Å². The van der Waals surface area contributed by atoms with Crippen molar-refractivity contribution in [1.29, 1.82) is 0 Å². The molecular formula is C20H25N7O. The molecule has 0 aromatic carbocycles. The molecular weight excluding hydrogens is 354 g/mol. The van der Waals surface area contributed by atoms with E-state index >= 15 is 0 Å². The van der Waals surface area contributed by atoms with Crippen molar-refractivity contribution in [3.8, 4) is 11.3 Å². The van der Waals surface area contributed by atoms with Crippen LogP contribution in [-0.4, -0.2) is 54.7 Å². The van der Waals surface area contributed by atoms with Gasteiger partial charge in [0.25, 0.3) is 0 Å². The summed E-state index contributed by atoms with van der Waals surface area (Å²) in [7, 11) is 1.90. The fraction of sp³-hybridized carbons (Fsp3) is 0.400. The molecule has 2 atom stereocenters. The maximum absolute atomic E-state index is 10.6. The molecule has 2 unspecified atom stereocenters. The predicted octanol–water partition coefficient (Wildman–Crippen LogP) is 1.96. The standard InChI is InChI=1S/C20H25N7O/c1-15(23-17-5-3-8-26(13-17)9-4-10-28)20-19-6-7-21-27(19)14-18(24-20)16-11-22-25(2)12-16/h4,6-7,9-12,14-15,17,23H,3,5,8,13H2,1-2H3/b9-4+. The molecule has 1 saturated heterocycles. The van der Waals surface area contributed by atoms with Gasteiger partial charge in [-0.15, -0.1) is 0 Å². The van der Waals surface area contributed by atoms with Crippen molar-refractivity contribution < 1.29 is 4.79 Å². The number of aromatic nitrogens is 5. The van der Waals surface area contributed by atoms with Gasteiger partial charge in [-0.05, 0) is 31.9 Å². The molecule has 1 fully saturated rings. The second-order valence-corrected chi connectivity index (χ2v) is 7.28. The van der Waals surface area contributed by atoms with Gasteiger partial charge in [-0.1, -0.05) is 0 Å². The molecule has 3 aromatic heterocycles. The maximum Gasteiger partial charge on any atom is 0.144 e. The van der Waals surface area contributed by atoms with Crippen LogP contribution in [0.1, 0.15) is 31.5 Å². The van der Waals surface area contributed by atoms with E-state index in [9.17, 15) is 4.79 Å². The molecule has 0 aliphatic carbocycles. The number of rotatable bonds is 6. The van der Waals surface area contributed by atoms with Crippen molar-refractivity contribution in [1.82, 2.24) is 34.6 Å². The quantitative estimate of drug-likeness (QED) is 0.521. The molecule has 28 heavy (non-hydrogen) atoms. The third-order valence-electron chi connectivity index (χ3n) is 5.14. The smallest absolute Gasteiger partial charge is 0.144 e. The first-order chi connectivity index (χ1) is 13.6. The topological polar surface area (TPSA) is 80.4 Å². The first-order valence-corrected chi connectivity index (χ1v) is 9.59. The Morgan fingerprint density at radius 3 is 3.00 bits per heavy atom. The van der Waals surface area contributed by atoms with Crippen LogP contribution in [0.15, 0.2) is 43.1 Å². The lowest BCUT2D eigenvalue weighted by molar-refractivity contribution is -0.104. The number of hydrogen-bond donors (Lipinski definition) is 1. The number of carbonyl (C=O) groups is 1. The predicted molar refractivity (Wildman–Crippen MR) is 107 cm³/mol. The van der Waals surface area contributed by atoms with Crippen LogP contribution in [0.5, 0.6) is 0 Å². The van der Waals surface area contributed by atoms with Gasteiger partial charge in [-0.3, -0.25) is 9.48 Å². The minimum atomic E-state index is 0.0656. The summed E-state index contributed by atoms with van der Waals surface area (Å²) in [6, 6.07) is 2.40. The van der Waals surface area contributed by atoms with Gasteiger partial charge in [0.1, 0.15) is 6.29 Å². The second kappa shape index (κ2) is 7.93. The normalized spacial score (nSPS) is 18.8. The first kappa shape index (κ1) is 18.4. The number of nitrogens with one attached hydrogen (secondary N) is 1. The highest BCUT2D eigenvalue weighted by molar-refractivity contribution is 5.64. The van der Waals surface area contributed by atoms with E-state index in [-0.39, 0.29) is 6.04 Å². The Labute approximate surface area is 163 Å². The van der Waals surface area contributed by atoms with E-state index in [1.807, 2.05) is 42.4 Å². The zero-order valence-corrected chi connectivity index (χ0v) is 16.2. The Kier molecular flexibility index (Phi) is 5.21. The Bertz CT molecular complexity index is 990. The van der Waals surface area contributed by atoms with Crippen LogP contribution in [0, 0.1) is 0 Å². The van der Waals surface area contributed by atoms with Crippen LogP contribution in [0.2, 0.25) is 0 Å². The minimum absolute atomic E-state index is 0.0656. The summed E-state index contributed by atoms with van der Waals surface area (Å²) in [4.78, 5) is 17.7. The van der Waals surface area contributed by atoms with E-state index in [1.165, 1.54) is 0 Å². The number of hydrogen-bond acceptors (Lipinski definition) is 6. The third-order valence-corrected chi connectivity index (χ3v) is 5.14. The number of carbonyl (C=O) groups excluding carboxylic acids is 1. The fourth-order valence-electron chi connectivity index (χ4n) is 3.83. The first-order valence-electron chi connectivity index (χ1n) is 9.59. The van der Waals surface area contributed by atoms with Crippen molar-refractivity contribution >= 4 is 11.8 Å². The number of piperidine rings is 1. The molecule has 0 saturated carbocycles. The summed E-state index contributed by atoms with van der Waals surface area (Å²) >= 11 is 0. The maximum atomic E-state index is 10.6. The van der Waals surface area contributed by atoms with E-state index in [2.05, 4.69) is 27.3 Å². The zero-order valence-electron chi connectivity index (χ0n) is 16.2. The molecule has 1 N–H and O–H groups in total. The summed E-state index contributed by atoms with van der Waals surface area (Å²) in [5.74, 6) is 0. The highest BCUT2D eigenvalue weighted by Crippen LogP contribution is 2.24. The molecule has 1 aliphatic rings. The number of aldehydes is 1. The summed E-state index contributed by atoms with van der Waals surface area (Å²) < 4.78 is 3.65. The molecule has 0 radical (unpaired) electrons. The van der Waals surface area contributed by atoms with Crippen molar-refractivity contribution in [2.75, 3.05) is 13.1 Å². The second-order valence-electron chi connectivity index (χ2n) is 7.28. The number of likely N-dealkylation sites (tertiary alicyclic amines) is 1. The number of allylic oxidation sites excluding steroid dienone is 1. The van der Waals surface area contributed by atoms with Crippen LogP contribution in [0.25, 0.3) is 16.8 Å². The van der Waals surface area contributed by atoms with Gasteiger partial charge in [0.2, 0.25) is 0 Å². The molecule has 8 heteroatoms. The summed E-state index contributed by atoms with van der Waals surface area (Å²) in [6.45, 7) is 4.01. The number of nitrogens with zero attached hydrogens (tertiary/aromatic N) is 6. The van der Waals surface area contributed by atoms with Crippen LogP contribution in [-0.2, 0) is 11.8 Å². The number of fused-ring (bicyclic) bond motifs is 1. The Hall–Kier alpha value is -3.00. The largest absolute Gasteiger partial charge is 0.376 e. The summed E-state index contributed by atoms with van der Waals surface area (Å²) in [5, 5.41) is 12.4. The van der Waals surface area contributed by atoms with Crippen LogP contribution in [0.4, 0.5) is 0 Å². The molecule has 8 nitrogen and oxygen atoms in total. The van der Waals surface area contributed by atoms with Gasteiger partial charge >= 0.3 is 0 Å². The molecule has 0 amide bonds. The Morgan fingerprint density at radius 1 is 1.32 bits per heavy atom. The molecule has 1 aliphatic heterocycles. The van der Waals surface area contributed by atoms with E-state index < -0.39 is 0 Å². The minimum Gasteiger partial charge on any atom is -0.376 e. The highest BCUT2D eigenvalue weighted by atomic mass is 16.1. The number of aryl methyl sites for hydroxylation is 1. The van der Waals surface area contributed by atoms with Crippen molar-refractivity contribution in [2.45, 2.75) is 31.8 Å². The average Bonchev–Trinajstić information content (AvgIpc) is 3.34. The lowest BCUT2D eigenvalue weighted by Gasteiger charge is -2.34. The molecule has 146 valence electrons.